The molecule has 2 aliphatic rings. The van der Waals surface area contributed by atoms with Crippen molar-refractivity contribution in [3.63, 3.8) is 0 Å². The Morgan fingerprint density at radius 3 is 2.48 bits per heavy atom. The molecule has 1 aromatic rings. The van der Waals surface area contributed by atoms with Gasteiger partial charge in [0.2, 0.25) is 5.91 Å². The van der Waals surface area contributed by atoms with Crippen molar-refractivity contribution in [1.29, 1.82) is 0 Å². The van der Waals surface area contributed by atoms with Crippen LogP contribution in [-0.4, -0.2) is 72.2 Å². The third-order valence-corrected chi connectivity index (χ3v) is 4.53. The van der Waals surface area contributed by atoms with Crippen LogP contribution < -0.4 is 4.74 Å². The molecule has 23 heavy (non-hydrogen) atoms. The van der Waals surface area contributed by atoms with Crippen LogP contribution in [-0.2, 0) is 16.1 Å². The summed E-state index contributed by atoms with van der Waals surface area (Å²) in [5.74, 6) is 0.470. The summed E-state index contributed by atoms with van der Waals surface area (Å²) in [5.41, 5.74) is 1.07. The average molecular weight is 320 g/mol. The van der Waals surface area contributed by atoms with Crippen LogP contribution in [0.1, 0.15) is 18.4 Å². The number of ether oxygens (including phenoxy) is 2. The summed E-state index contributed by atoms with van der Waals surface area (Å²) in [6.07, 6.45) is 5.45. The Hall–Kier alpha value is -1.73. The maximum atomic E-state index is 12.5. The maximum Gasteiger partial charge on any atom is 0.316 e. The molecule has 2 aliphatic heterocycles. The molecule has 0 aliphatic carbocycles. The summed E-state index contributed by atoms with van der Waals surface area (Å²) in [4.78, 5) is 25.1. The zero-order chi connectivity index (χ0) is 16.1. The molecule has 0 bridgehead atoms. The largest absolute Gasteiger partial charge is 0.467 e. The van der Waals surface area contributed by atoms with Crippen molar-refractivity contribution in [3.8, 4) is 6.01 Å². The summed E-state index contributed by atoms with van der Waals surface area (Å²) in [6, 6.07) is 0.392. The van der Waals surface area contributed by atoms with Gasteiger partial charge in [-0.25, -0.2) is 9.97 Å². The van der Waals surface area contributed by atoms with Crippen molar-refractivity contribution in [2.45, 2.75) is 19.4 Å². The van der Waals surface area contributed by atoms with E-state index in [1.54, 1.807) is 19.5 Å². The van der Waals surface area contributed by atoms with E-state index in [1.165, 1.54) is 0 Å². The minimum absolute atomic E-state index is 0.163. The molecule has 0 radical (unpaired) electrons. The zero-order valence-electron chi connectivity index (χ0n) is 13.6. The second-order valence-corrected chi connectivity index (χ2v) is 6.07. The second kappa shape index (κ2) is 7.70. The number of hydrogen-bond acceptors (Lipinski definition) is 6. The van der Waals surface area contributed by atoms with Crippen LogP contribution in [0.4, 0.5) is 0 Å². The van der Waals surface area contributed by atoms with Crippen LogP contribution >= 0.6 is 0 Å². The minimum Gasteiger partial charge on any atom is -0.467 e. The van der Waals surface area contributed by atoms with Gasteiger partial charge in [-0.1, -0.05) is 0 Å². The maximum absolute atomic E-state index is 12.5. The van der Waals surface area contributed by atoms with Crippen molar-refractivity contribution in [3.05, 3.63) is 18.0 Å². The second-order valence-electron chi connectivity index (χ2n) is 6.07. The molecule has 126 valence electrons. The highest BCUT2D eigenvalue weighted by atomic mass is 16.5. The molecule has 2 saturated heterocycles. The molecule has 0 atom stereocenters. The van der Waals surface area contributed by atoms with Gasteiger partial charge in [0.25, 0.3) is 0 Å². The summed E-state index contributed by atoms with van der Waals surface area (Å²) < 4.78 is 10.3. The van der Waals surface area contributed by atoms with Crippen LogP contribution in [0.5, 0.6) is 6.01 Å². The topological polar surface area (TPSA) is 67.8 Å². The summed E-state index contributed by atoms with van der Waals surface area (Å²) in [7, 11) is 1.56. The molecule has 7 heteroatoms. The van der Waals surface area contributed by atoms with E-state index in [0.717, 1.165) is 51.1 Å². The van der Waals surface area contributed by atoms with Crippen molar-refractivity contribution in [2.75, 3.05) is 46.5 Å². The molecular weight excluding hydrogens is 296 g/mol. The SMILES string of the molecule is COc1ncc(CN2CCC(C(=O)N3CCOCC3)CC2)cn1. The fourth-order valence-electron chi connectivity index (χ4n) is 3.17. The van der Waals surface area contributed by atoms with Gasteiger partial charge in [-0.05, 0) is 25.9 Å². The minimum atomic E-state index is 0.163. The number of hydrogen-bond donors (Lipinski definition) is 0. The molecule has 2 fully saturated rings. The quantitative estimate of drug-likeness (QED) is 0.807. The van der Waals surface area contributed by atoms with Crippen molar-refractivity contribution < 1.29 is 14.3 Å². The lowest BCUT2D eigenvalue weighted by Gasteiger charge is -2.35. The van der Waals surface area contributed by atoms with Gasteiger partial charge < -0.3 is 14.4 Å². The number of morpholine rings is 1. The number of methoxy groups -OCH3 is 1. The van der Waals surface area contributed by atoms with Crippen molar-refractivity contribution >= 4 is 5.91 Å². The van der Waals surface area contributed by atoms with Crippen LogP contribution in [0.3, 0.4) is 0 Å². The monoisotopic (exact) mass is 320 g/mol. The van der Waals surface area contributed by atoms with Gasteiger partial charge in [-0.3, -0.25) is 9.69 Å². The molecule has 1 amide bonds. The van der Waals surface area contributed by atoms with Gasteiger partial charge in [-0.15, -0.1) is 0 Å². The highest BCUT2D eigenvalue weighted by molar-refractivity contribution is 5.79. The molecule has 7 nitrogen and oxygen atoms in total. The molecule has 0 aromatic carbocycles. The highest BCUT2D eigenvalue weighted by Crippen LogP contribution is 2.21. The molecule has 3 heterocycles. The van der Waals surface area contributed by atoms with E-state index in [0.29, 0.717) is 25.1 Å². The average Bonchev–Trinajstić information content (AvgIpc) is 2.63. The Labute approximate surface area is 136 Å². The van der Waals surface area contributed by atoms with Crippen LogP contribution in [0, 0.1) is 5.92 Å². The predicted octanol–water partition coefficient (Wildman–Crippen LogP) is 0.556. The zero-order valence-corrected chi connectivity index (χ0v) is 13.6. The predicted molar refractivity (Wildman–Crippen MR) is 84.0 cm³/mol. The van der Waals surface area contributed by atoms with Gasteiger partial charge in [0, 0.05) is 43.5 Å². The first-order valence-electron chi connectivity index (χ1n) is 8.20. The molecule has 1 aromatic heterocycles. The van der Waals surface area contributed by atoms with Gasteiger partial charge in [-0.2, -0.15) is 0 Å². The summed E-state index contributed by atoms with van der Waals surface area (Å²) >= 11 is 0. The van der Waals surface area contributed by atoms with Crippen molar-refractivity contribution in [1.82, 2.24) is 19.8 Å². The molecule has 0 unspecified atom stereocenters. The first-order chi connectivity index (χ1) is 11.3. The van der Waals surface area contributed by atoms with Gasteiger partial charge in [0.05, 0.1) is 20.3 Å². The van der Waals surface area contributed by atoms with E-state index in [4.69, 9.17) is 9.47 Å². The molecular formula is C16H24N4O3. The third-order valence-electron chi connectivity index (χ3n) is 4.53. The summed E-state index contributed by atoms with van der Waals surface area (Å²) in [6.45, 7) is 5.51. The molecule has 0 saturated carbocycles. The lowest BCUT2D eigenvalue weighted by Crippen LogP contribution is -2.46. The van der Waals surface area contributed by atoms with E-state index in [-0.39, 0.29) is 5.92 Å². The van der Waals surface area contributed by atoms with E-state index in [2.05, 4.69) is 14.9 Å². The number of rotatable bonds is 4. The van der Waals surface area contributed by atoms with Crippen LogP contribution in [0.2, 0.25) is 0 Å². The summed E-state index contributed by atoms with van der Waals surface area (Å²) in [5, 5.41) is 0. The molecule has 0 N–H and O–H groups in total. The Morgan fingerprint density at radius 1 is 1.22 bits per heavy atom. The number of nitrogens with zero attached hydrogens (tertiary/aromatic N) is 4. The first-order valence-corrected chi connectivity index (χ1v) is 8.20. The van der Waals surface area contributed by atoms with Crippen molar-refractivity contribution in [2.24, 2.45) is 5.92 Å². The normalized spacial score (nSPS) is 20.5. The van der Waals surface area contributed by atoms with Gasteiger partial charge in [0.1, 0.15) is 0 Å². The first kappa shape index (κ1) is 16.1. The lowest BCUT2D eigenvalue weighted by molar-refractivity contribution is -0.141. The molecule has 0 spiro atoms. The number of carbonyl (C=O) groups excluding carboxylic acids is 1. The molecule has 3 rings (SSSR count). The Kier molecular flexibility index (Phi) is 5.40. The Balaban J connectivity index is 1.46. The third kappa shape index (κ3) is 4.17. The van der Waals surface area contributed by atoms with E-state index in [1.807, 2.05) is 4.90 Å². The lowest BCUT2D eigenvalue weighted by atomic mass is 9.95. The Morgan fingerprint density at radius 2 is 1.87 bits per heavy atom. The fraction of sp³-hybridized carbons (Fsp3) is 0.688. The standard InChI is InChI=1S/C16H24N4O3/c1-22-16-17-10-13(11-18-16)12-19-4-2-14(3-5-19)15(21)20-6-8-23-9-7-20/h10-11,14H,2-9,12H2,1H3. The highest BCUT2D eigenvalue weighted by Gasteiger charge is 2.29. The van der Waals surface area contributed by atoms with Crippen LogP contribution in [0.25, 0.3) is 0 Å². The smallest absolute Gasteiger partial charge is 0.316 e. The number of aromatic nitrogens is 2. The fourth-order valence-corrected chi connectivity index (χ4v) is 3.17. The Bertz CT molecular complexity index is 509. The van der Waals surface area contributed by atoms with E-state index >= 15 is 0 Å². The number of carbonyl (C=O) groups is 1. The number of piperidine rings is 1. The number of likely N-dealkylation sites (tertiary alicyclic amines) is 1. The van der Waals surface area contributed by atoms with E-state index < -0.39 is 0 Å². The van der Waals surface area contributed by atoms with Gasteiger partial charge in [0.15, 0.2) is 0 Å². The van der Waals surface area contributed by atoms with E-state index in [9.17, 15) is 4.79 Å². The van der Waals surface area contributed by atoms with Gasteiger partial charge >= 0.3 is 6.01 Å². The van der Waals surface area contributed by atoms with Crippen LogP contribution in [0.15, 0.2) is 12.4 Å². The number of amides is 1.